The van der Waals surface area contributed by atoms with E-state index < -0.39 is 11.5 Å². The quantitative estimate of drug-likeness (QED) is 0.844. The van der Waals surface area contributed by atoms with Crippen molar-refractivity contribution in [3.8, 4) is 0 Å². The van der Waals surface area contributed by atoms with Crippen LogP contribution >= 0.6 is 0 Å². The molecule has 0 unspecified atom stereocenters. The van der Waals surface area contributed by atoms with Crippen molar-refractivity contribution in [3.05, 3.63) is 35.4 Å². The van der Waals surface area contributed by atoms with Crippen molar-refractivity contribution >= 4 is 0 Å². The highest BCUT2D eigenvalue weighted by Crippen LogP contribution is 2.35. The average molecular weight is 242 g/mol. The number of hydrogen-bond acceptors (Lipinski definition) is 1. The fourth-order valence-corrected chi connectivity index (χ4v) is 1.75. The van der Waals surface area contributed by atoms with Gasteiger partial charge in [0.05, 0.1) is 5.60 Å². The molecule has 1 rings (SSSR count). The third kappa shape index (κ3) is 3.77. The van der Waals surface area contributed by atoms with E-state index in [1.807, 2.05) is 0 Å². The lowest BCUT2D eigenvalue weighted by Crippen LogP contribution is -2.18. The third-order valence-corrected chi connectivity index (χ3v) is 2.68. The monoisotopic (exact) mass is 242 g/mol. The molecule has 0 fully saturated rings. The SMILES string of the molecule is CC(C)CC(F)(F)c1ccc(C(C)(C)O)cc1. The maximum Gasteiger partial charge on any atom is 0.273 e. The molecule has 0 atom stereocenters. The summed E-state index contributed by atoms with van der Waals surface area (Å²) >= 11 is 0. The summed E-state index contributed by atoms with van der Waals surface area (Å²) in [5, 5.41) is 9.74. The Morgan fingerprint density at radius 1 is 1.06 bits per heavy atom. The minimum absolute atomic E-state index is 0.0131. The average Bonchev–Trinajstić information content (AvgIpc) is 2.14. The Hall–Kier alpha value is -0.960. The summed E-state index contributed by atoms with van der Waals surface area (Å²) in [4.78, 5) is 0. The van der Waals surface area contributed by atoms with Gasteiger partial charge < -0.3 is 5.11 Å². The fourth-order valence-electron chi connectivity index (χ4n) is 1.75. The summed E-state index contributed by atoms with van der Waals surface area (Å²) in [5.74, 6) is -2.86. The highest BCUT2D eigenvalue weighted by molar-refractivity contribution is 5.28. The van der Waals surface area contributed by atoms with Gasteiger partial charge >= 0.3 is 0 Å². The van der Waals surface area contributed by atoms with Gasteiger partial charge in [-0.15, -0.1) is 0 Å². The van der Waals surface area contributed by atoms with Gasteiger partial charge in [0.1, 0.15) is 0 Å². The summed E-state index contributed by atoms with van der Waals surface area (Å²) in [7, 11) is 0. The molecule has 1 aromatic rings. The first-order valence-corrected chi connectivity index (χ1v) is 5.84. The Bertz CT molecular complexity index is 361. The molecule has 0 amide bonds. The lowest BCUT2D eigenvalue weighted by Gasteiger charge is -2.21. The normalized spacial score (nSPS) is 13.2. The maximum atomic E-state index is 13.8. The van der Waals surface area contributed by atoms with Crippen LogP contribution in [0.4, 0.5) is 8.78 Å². The molecule has 0 bridgehead atoms. The van der Waals surface area contributed by atoms with Crippen LogP contribution in [0, 0.1) is 5.92 Å². The first-order chi connectivity index (χ1) is 7.63. The molecule has 0 saturated heterocycles. The molecule has 1 nitrogen and oxygen atoms in total. The van der Waals surface area contributed by atoms with Crippen molar-refractivity contribution in [2.24, 2.45) is 5.92 Å². The first-order valence-electron chi connectivity index (χ1n) is 5.84. The summed E-state index contributed by atoms with van der Waals surface area (Å²) in [6, 6.07) is 5.92. The number of aliphatic hydroxyl groups is 1. The van der Waals surface area contributed by atoms with Crippen LogP contribution in [-0.2, 0) is 11.5 Å². The standard InChI is InChI=1S/C14H20F2O/c1-10(2)9-14(15,16)12-7-5-11(6-8-12)13(3,4)17/h5-8,10,17H,9H2,1-4H3. The third-order valence-electron chi connectivity index (χ3n) is 2.68. The Kier molecular flexibility index (Phi) is 3.92. The van der Waals surface area contributed by atoms with Gasteiger partial charge in [0.2, 0.25) is 0 Å². The number of hydrogen-bond donors (Lipinski definition) is 1. The van der Waals surface area contributed by atoms with Crippen molar-refractivity contribution in [3.63, 3.8) is 0 Å². The van der Waals surface area contributed by atoms with Gasteiger partial charge in [-0.05, 0) is 25.3 Å². The molecule has 1 aromatic carbocycles. The van der Waals surface area contributed by atoms with Crippen molar-refractivity contribution in [1.29, 1.82) is 0 Å². The zero-order valence-electron chi connectivity index (χ0n) is 10.8. The number of halogens is 2. The molecule has 3 heteroatoms. The maximum absolute atomic E-state index is 13.8. The van der Waals surface area contributed by atoms with Gasteiger partial charge in [-0.3, -0.25) is 0 Å². The molecule has 0 aromatic heterocycles. The van der Waals surface area contributed by atoms with E-state index in [2.05, 4.69) is 0 Å². The lowest BCUT2D eigenvalue weighted by atomic mass is 9.93. The van der Waals surface area contributed by atoms with E-state index in [0.717, 1.165) is 0 Å². The van der Waals surface area contributed by atoms with E-state index in [-0.39, 0.29) is 17.9 Å². The van der Waals surface area contributed by atoms with Crippen molar-refractivity contribution in [2.75, 3.05) is 0 Å². The minimum Gasteiger partial charge on any atom is -0.386 e. The smallest absolute Gasteiger partial charge is 0.273 e. The summed E-state index contributed by atoms with van der Waals surface area (Å²) < 4.78 is 27.5. The molecule has 96 valence electrons. The minimum atomic E-state index is -2.80. The predicted molar refractivity (Wildman–Crippen MR) is 65.0 cm³/mol. The molecule has 0 radical (unpaired) electrons. The highest BCUT2D eigenvalue weighted by atomic mass is 19.3. The fraction of sp³-hybridized carbons (Fsp3) is 0.571. The van der Waals surface area contributed by atoms with Gasteiger partial charge in [0.25, 0.3) is 5.92 Å². The van der Waals surface area contributed by atoms with Crippen LogP contribution < -0.4 is 0 Å². The molecule has 0 heterocycles. The molecular weight excluding hydrogens is 222 g/mol. The molecule has 0 aliphatic rings. The van der Waals surface area contributed by atoms with Crippen LogP contribution in [0.25, 0.3) is 0 Å². The van der Waals surface area contributed by atoms with E-state index in [1.165, 1.54) is 12.1 Å². The van der Waals surface area contributed by atoms with Crippen LogP contribution in [0.5, 0.6) is 0 Å². The Morgan fingerprint density at radius 2 is 1.47 bits per heavy atom. The predicted octanol–water partition coefficient (Wildman–Crippen LogP) is 4.05. The molecule has 0 saturated carbocycles. The van der Waals surface area contributed by atoms with E-state index >= 15 is 0 Å². The van der Waals surface area contributed by atoms with Crippen LogP contribution in [0.15, 0.2) is 24.3 Å². The number of alkyl halides is 2. The van der Waals surface area contributed by atoms with E-state index in [0.29, 0.717) is 5.56 Å². The van der Waals surface area contributed by atoms with Crippen LogP contribution in [0.3, 0.4) is 0 Å². The van der Waals surface area contributed by atoms with Gasteiger partial charge in [-0.1, -0.05) is 38.1 Å². The Labute approximate surface area is 101 Å². The molecule has 0 aliphatic heterocycles. The van der Waals surface area contributed by atoms with Gasteiger partial charge in [-0.2, -0.15) is 0 Å². The van der Waals surface area contributed by atoms with E-state index in [4.69, 9.17) is 0 Å². The largest absolute Gasteiger partial charge is 0.386 e. The molecule has 17 heavy (non-hydrogen) atoms. The lowest BCUT2D eigenvalue weighted by molar-refractivity contribution is -0.0250. The highest BCUT2D eigenvalue weighted by Gasteiger charge is 2.32. The molecule has 0 spiro atoms. The number of rotatable bonds is 4. The zero-order valence-corrected chi connectivity index (χ0v) is 10.8. The van der Waals surface area contributed by atoms with E-state index in [9.17, 15) is 13.9 Å². The second-order valence-corrected chi connectivity index (χ2v) is 5.44. The van der Waals surface area contributed by atoms with Crippen molar-refractivity contribution in [2.45, 2.75) is 45.6 Å². The van der Waals surface area contributed by atoms with Gasteiger partial charge in [-0.25, -0.2) is 8.78 Å². The van der Waals surface area contributed by atoms with Gasteiger partial charge in [0, 0.05) is 12.0 Å². The van der Waals surface area contributed by atoms with Crippen molar-refractivity contribution in [1.82, 2.24) is 0 Å². The second-order valence-electron chi connectivity index (χ2n) is 5.44. The van der Waals surface area contributed by atoms with Crippen LogP contribution in [0.2, 0.25) is 0 Å². The summed E-state index contributed by atoms with van der Waals surface area (Å²) in [6.07, 6.45) is -0.158. The summed E-state index contributed by atoms with van der Waals surface area (Å²) in [6.45, 7) is 6.82. The van der Waals surface area contributed by atoms with Crippen LogP contribution in [-0.4, -0.2) is 5.11 Å². The zero-order chi connectivity index (χ0) is 13.3. The van der Waals surface area contributed by atoms with Crippen molar-refractivity contribution < 1.29 is 13.9 Å². The van der Waals surface area contributed by atoms with Crippen LogP contribution in [0.1, 0.15) is 45.2 Å². The molecule has 1 N–H and O–H groups in total. The Morgan fingerprint density at radius 3 is 1.82 bits per heavy atom. The number of benzene rings is 1. The van der Waals surface area contributed by atoms with E-state index in [1.54, 1.807) is 39.8 Å². The topological polar surface area (TPSA) is 20.2 Å². The first kappa shape index (κ1) is 14.1. The molecule has 0 aliphatic carbocycles. The second kappa shape index (κ2) is 4.73. The Balaban J connectivity index is 2.94. The summed E-state index contributed by atoms with van der Waals surface area (Å²) in [5.41, 5.74) is -0.341. The van der Waals surface area contributed by atoms with Gasteiger partial charge in [0.15, 0.2) is 0 Å². The molecular formula is C14H20F2O.